The van der Waals surface area contributed by atoms with Crippen molar-refractivity contribution in [3.63, 3.8) is 0 Å². The second-order valence-electron chi connectivity index (χ2n) is 6.41. The Morgan fingerprint density at radius 2 is 1.68 bits per heavy atom. The Labute approximate surface area is 117 Å². The molecule has 0 aromatic heterocycles. The molecule has 0 aliphatic carbocycles. The average molecular weight is 261 g/mol. The molecule has 2 heteroatoms. The van der Waals surface area contributed by atoms with E-state index < -0.39 is 0 Å². The van der Waals surface area contributed by atoms with Crippen LogP contribution in [0.4, 0.5) is 0 Å². The van der Waals surface area contributed by atoms with E-state index in [0.717, 1.165) is 18.4 Å². The number of nitrogens with two attached hydrogens (primary N) is 1. The molecule has 2 N–H and O–H groups in total. The molecule has 0 fully saturated rings. The first-order valence-electron chi connectivity index (χ1n) is 7.11. The predicted molar refractivity (Wildman–Crippen MR) is 81.3 cm³/mol. The molecule has 0 aliphatic heterocycles. The Morgan fingerprint density at radius 3 is 2.21 bits per heavy atom. The van der Waals surface area contributed by atoms with E-state index in [2.05, 4.69) is 45.9 Å². The van der Waals surface area contributed by atoms with Gasteiger partial charge in [0.2, 0.25) is 0 Å². The number of Topliss-reactive ketones (excluding diaryl/α,β-unsaturated/α-hetero) is 1. The molecule has 0 saturated carbocycles. The Balaban J connectivity index is 2.51. The van der Waals surface area contributed by atoms with Gasteiger partial charge in [0.05, 0.1) is 0 Å². The third-order valence-electron chi connectivity index (χ3n) is 3.58. The smallest absolute Gasteiger partial charge is 0.137 e. The molecule has 0 atom stereocenters. The van der Waals surface area contributed by atoms with Gasteiger partial charge < -0.3 is 5.73 Å². The summed E-state index contributed by atoms with van der Waals surface area (Å²) in [6, 6.07) is 6.35. The van der Waals surface area contributed by atoms with Crippen molar-refractivity contribution in [2.45, 2.75) is 53.4 Å². The van der Waals surface area contributed by atoms with Crippen LogP contribution in [0.15, 0.2) is 18.2 Å². The van der Waals surface area contributed by atoms with Crippen molar-refractivity contribution in [1.29, 1.82) is 0 Å². The Morgan fingerprint density at radius 1 is 1.11 bits per heavy atom. The molecule has 0 bridgehead atoms. The van der Waals surface area contributed by atoms with E-state index in [-0.39, 0.29) is 5.41 Å². The van der Waals surface area contributed by atoms with E-state index in [4.69, 9.17) is 5.73 Å². The number of rotatable bonds is 7. The number of hydrogen-bond acceptors (Lipinski definition) is 2. The molecule has 0 unspecified atom stereocenters. The van der Waals surface area contributed by atoms with E-state index in [1.54, 1.807) is 0 Å². The molecule has 0 radical (unpaired) electrons. The van der Waals surface area contributed by atoms with E-state index >= 15 is 0 Å². The van der Waals surface area contributed by atoms with Crippen LogP contribution in [0.1, 0.15) is 49.8 Å². The highest BCUT2D eigenvalue weighted by Crippen LogP contribution is 2.26. The van der Waals surface area contributed by atoms with Crippen molar-refractivity contribution in [2.24, 2.45) is 11.1 Å². The maximum Gasteiger partial charge on any atom is 0.137 e. The summed E-state index contributed by atoms with van der Waals surface area (Å²) in [6.07, 6.45) is 3.11. The van der Waals surface area contributed by atoms with Gasteiger partial charge in [-0.1, -0.05) is 43.2 Å². The highest BCUT2D eigenvalue weighted by atomic mass is 16.1. The number of carbonyl (C=O) groups is 1. The summed E-state index contributed by atoms with van der Waals surface area (Å²) in [4.78, 5) is 12.1. The molecule has 1 rings (SSSR count). The van der Waals surface area contributed by atoms with Crippen molar-refractivity contribution < 1.29 is 4.79 Å². The van der Waals surface area contributed by atoms with Crippen LogP contribution < -0.4 is 5.73 Å². The quantitative estimate of drug-likeness (QED) is 0.815. The number of aryl methyl sites for hydroxylation is 2. The lowest BCUT2D eigenvalue weighted by molar-refractivity contribution is -0.119. The molecule has 0 saturated heterocycles. The van der Waals surface area contributed by atoms with Crippen molar-refractivity contribution in [3.05, 3.63) is 34.9 Å². The second-order valence-corrected chi connectivity index (χ2v) is 6.41. The summed E-state index contributed by atoms with van der Waals surface area (Å²) in [7, 11) is 0. The minimum Gasteiger partial charge on any atom is -0.330 e. The normalized spacial score (nSPS) is 11.6. The van der Waals surface area contributed by atoms with Gasteiger partial charge in [0.1, 0.15) is 5.78 Å². The van der Waals surface area contributed by atoms with Crippen LogP contribution in [0.2, 0.25) is 0 Å². The Hall–Kier alpha value is -1.15. The van der Waals surface area contributed by atoms with Crippen molar-refractivity contribution in [2.75, 3.05) is 6.54 Å². The van der Waals surface area contributed by atoms with Gasteiger partial charge in [-0.3, -0.25) is 4.79 Å². The molecule has 0 aliphatic rings. The SMILES string of the molecule is Cc1cc(C)cc(CC(=O)CCC(C)(C)CCN)c1. The zero-order valence-corrected chi connectivity index (χ0v) is 12.8. The van der Waals surface area contributed by atoms with Gasteiger partial charge in [0, 0.05) is 12.8 Å². The Kier molecular flexibility index (Phi) is 5.74. The summed E-state index contributed by atoms with van der Waals surface area (Å²) in [5, 5.41) is 0. The van der Waals surface area contributed by atoms with Crippen LogP contribution in [-0.4, -0.2) is 12.3 Å². The molecule has 1 aromatic carbocycles. The zero-order valence-electron chi connectivity index (χ0n) is 12.8. The summed E-state index contributed by atoms with van der Waals surface area (Å²) in [5.41, 5.74) is 9.36. The molecule has 0 heterocycles. The summed E-state index contributed by atoms with van der Waals surface area (Å²) >= 11 is 0. The lowest BCUT2D eigenvalue weighted by atomic mass is 9.83. The summed E-state index contributed by atoms with van der Waals surface area (Å²) in [6.45, 7) is 9.21. The van der Waals surface area contributed by atoms with Crippen LogP contribution in [0.5, 0.6) is 0 Å². The highest BCUT2D eigenvalue weighted by molar-refractivity contribution is 5.81. The lowest BCUT2D eigenvalue weighted by Crippen LogP contribution is -2.18. The van der Waals surface area contributed by atoms with Gasteiger partial charge in [0.15, 0.2) is 0 Å². The highest BCUT2D eigenvalue weighted by Gasteiger charge is 2.18. The van der Waals surface area contributed by atoms with Crippen LogP contribution in [-0.2, 0) is 11.2 Å². The van der Waals surface area contributed by atoms with Crippen LogP contribution in [0.3, 0.4) is 0 Å². The molecular weight excluding hydrogens is 234 g/mol. The third kappa shape index (κ3) is 6.02. The molecule has 0 spiro atoms. The van der Waals surface area contributed by atoms with Crippen LogP contribution >= 0.6 is 0 Å². The Bertz CT molecular complexity index is 415. The predicted octanol–water partition coefficient (Wildman–Crippen LogP) is 3.57. The third-order valence-corrected chi connectivity index (χ3v) is 3.58. The first-order valence-corrected chi connectivity index (χ1v) is 7.11. The zero-order chi connectivity index (χ0) is 14.5. The fourth-order valence-corrected chi connectivity index (χ4v) is 2.48. The van der Waals surface area contributed by atoms with Gasteiger partial charge >= 0.3 is 0 Å². The van der Waals surface area contributed by atoms with E-state index in [1.807, 2.05) is 0 Å². The van der Waals surface area contributed by atoms with Gasteiger partial charge in [-0.2, -0.15) is 0 Å². The number of hydrogen-bond donors (Lipinski definition) is 1. The number of ketones is 1. The minimum absolute atomic E-state index is 0.174. The van der Waals surface area contributed by atoms with Gasteiger partial charge in [0.25, 0.3) is 0 Å². The first-order chi connectivity index (χ1) is 8.82. The molecule has 1 aromatic rings. The maximum absolute atomic E-state index is 12.1. The van der Waals surface area contributed by atoms with E-state index in [9.17, 15) is 4.79 Å². The van der Waals surface area contributed by atoms with Crippen molar-refractivity contribution in [1.82, 2.24) is 0 Å². The minimum atomic E-state index is 0.174. The van der Waals surface area contributed by atoms with Gasteiger partial charge in [-0.15, -0.1) is 0 Å². The summed E-state index contributed by atoms with van der Waals surface area (Å²) in [5.74, 6) is 0.329. The molecule has 106 valence electrons. The van der Waals surface area contributed by atoms with Crippen LogP contribution in [0.25, 0.3) is 0 Å². The average Bonchev–Trinajstić information content (AvgIpc) is 2.25. The molecule has 0 amide bonds. The van der Waals surface area contributed by atoms with Gasteiger partial charge in [-0.25, -0.2) is 0 Å². The summed E-state index contributed by atoms with van der Waals surface area (Å²) < 4.78 is 0. The number of carbonyl (C=O) groups excluding carboxylic acids is 1. The first kappa shape index (κ1) is 15.9. The van der Waals surface area contributed by atoms with Crippen molar-refractivity contribution >= 4 is 5.78 Å². The molecule has 2 nitrogen and oxygen atoms in total. The monoisotopic (exact) mass is 261 g/mol. The van der Waals surface area contributed by atoms with Crippen molar-refractivity contribution in [3.8, 4) is 0 Å². The number of benzene rings is 1. The van der Waals surface area contributed by atoms with Gasteiger partial charge in [-0.05, 0) is 44.2 Å². The largest absolute Gasteiger partial charge is 0.330 e. The molecular formula is C17H27NO. The maximum atomic E-state index is 12.1. The van der Waals surface area contributed by atoms with E-state index in [1.165, 1.54) is 11.1 Å². The molecule has 19 heavy (non-hydrogen) atoms. The fraction of sp³-hybridized carbons (Fsp3) is 0.588. The second kappa shape index (κ2) is 6.85. The standard InChI is InChI=1S/C17H27NO/c1-13-9-14(2)11-15(10-13)12-16(19)5-6-17(3,4)7-8-18/h9-11H,5-8,12,18H2,1-4H3. The fourth-order valence-electron chi connectivity index (χ4n) is 2.48. The lowest BCUT2D eigenvalue weighted by Gasteiger charge is -2.23. The van der Waals surface area contributed by atoms with E-state index in [0.29, 0.717) is 25.2 Å². The topological polar surface area (TPSA) is 43.1 Å². The van der Waals surface area contributed by atoms with Crippen LogP contribution in [0, 0.1) is 19.3 Å².